The number of rotatable bonds is 6. The molecule has 2 aliphatic rings. The lowest BCUT2D eigenvalue weighted by Crippen LogP contribution is -2.41. The number of halogens is 2. The molecular weight excluding hydrogens is 392 g/mol. The van der Waals surface area contributed by atoms with Gasteiger partial charge in [0.15, 0.2) is 5.82 Å². The van der Waals surface area contributed by atoms with Crippen molar-refractivity contribution in [2.75, 3.05) is 52.5 Å². The Morgan fingerprint density at radius 1 is 1.23 bits per heavy atom. The molecular formula is C21H27F2N5O2. The fourth-order valence-corrected chi connectivity index (χ4v) is 4.11. The van der Waals surface area contributed by atoms with Crippen molar-refractivity contribution >= 4 is 5.91 Å². The predicted molar refractivity (Wildman–Crippen MR) is 108 cm³/mol. The van der Waals surface area contributed by atoms with Gasteiger partial charge in [0.1, 0.15) is 11.5 Å². The van der Waals surface area contributed by atoms with Crippen LogP contribution in [-0.4, -0.2) is 73.1 Å². The number of benzene rings is 1. The molecule has 1 aromatic heterocycles. The number of amides is 1. The first-order valence-electron chi connectivity index (χ1n) is 10.5. The van der Waals surface area contributed by atoms with Gasteiger partial charge in [0, 0.05) is 38.2 Å². The number of nitrogens with one attached hydrogen (secondary N) is 2. The molecule has 0 saturated carbocycles. The van der Waals surface area contributed by atoms with Crippen LogP contribution in [0.4, 0.5) is 8.78 Å². The Hall–Kier alpha value is -2.36. The molecule has 0 aliphatic carbocycles. The average molecular weight is 419 g/mol. The van der Waals surface area contributed by atoms with E-state index in [0.29, 0.717) is 31.0 Å². The Kier molecular flexibility index (Phi) is 6.71. The summed E-state index contributed by atoms with van der Waals surface area (Å²) in [5.74, 6) is -1.50. The lowest BCUT2D eigenvalue weighted by molar-refractivity contribution is 0.0383. The fourth-order valence-electron chi connectivity index (χ4n) is 4.11. The molecule has 2 fully saturated rings. The van der Waals surface area contributed by atoms with Gasteiger partial charge in [0.25, 0.3) is 5.91 Å². The van der Waals surface area contributed by atoms with Crippen molar-refractivity contribution in [3.63, 3.8) is 0 Å². The molecule has 3 heterocycles. The standard InChI is InChI=1S/C21H27F2N5O2/c22-16-1-2-19(18(23)13-16)28-20(15-3-5-24-6-4-15)17(14-26-28)21(29)25-7-8-27-9-11-30-12-10-27/h1-2,13-15,24H,3-12H2,(H,25,29). The Balaban J connectivity index is 1.55. The van der Waals surface area contributed by atoms with E-state index in [1.165, 1.54) is 23.0 Å². The highest BCUT2D eigenvalue weighted by Crippen LogP contribution is 2.31. The third-order valence-electron chi connectivity index (χ3n) is 5.73. The second kappa shape index (κ2) is 9.63. The van der Waals surface area contributed by atoms with E-state index in [4.69, 9.17) is 4.74 Å². The number of carbonyl (C=O) groups is 1. The minimum absolute atomic E-state index is 0.0678. The summed E-state index contributed by atoms with van der Waals surface area (Å²) >= 11 is 0. The van der Waals surface area contributed by atoms with Gasteiger partial charge in [-0.25, -0.2) is 13.5 Å². The number of hydrogen-bond acceptors (Lipinski definition) is 5. The Bertz CT molecular complexity index is 876. The molecule has 1 aromatic carbocycles. The van der Waals surface area contributed by atoms with Gasteiger partial charge in [-0.05, 0) is 38.1 Å². The van der Waals surface area contributed by atoms with E-state index in [1.54, 1.807) is 0 Å². The molecule has 9 heteroatoms. The first kappa shape index (κ1) is 20.9. The molecule has 1 amide bonds. The molecule has 30 heavy (non-hydrogen) atoms. The smallest absolute Gasteiger partial charge is 0.254 e. The lowest BCUT2D eigenvalue weighted by Gasteiger charge is -2.26. The van der Waals surface area contributed by atoms with Gasteiger partial charge in [0.05, 0.1) is 30.7 Å². The molecule has 4 rings (SSSR count). The summed E-state index contributed by atoms with van der Waals surface area (Å²) in [4.78, 5) is 15.2. The summed E-state index contributed by atoms with van der Waals surface area (Å²) in [6.45, 7) is 6.04. The second-order valence-electron chi connectivity index (χ2n) is 7.69. The van der Waals surface area contributed by atoms with Gasteiger partial charge < -0.3 is 15.4 Å². The van der Waals surface area contributed by atoms with Crippen LogP contribution in [0.25, 0.3) is 5.69 Å². The third-order valence-corrected chi connectivity index (χ3v) is 5.73. The van der Waals surface area contributed by atoms with Crippen LogP contribution in [0, 0.1) is 11.6 Å². The Morgan fingerprint density at radius 2 is 2.00 bits per heavy atom. The highest BCUT2D eigenvalue weighted by atomic mass is 19.1. The van der Waals surface area contributed by atoms with Gasteiger partial charge in [-0.15, -0.1) is 0 Å². The normalized spacial score (nSPS) is 18.5. The number of carbonyl (C=O) groups excluding carboxylic acids is 1. The molecule has 2 aliphatic heterocycles. The Labute approximate surface area is 174 Å². The average Bonchev–Trinajstić information content (AvgIpc) is 3.20. The van der Waals surface area contributed by atoms with Gasteiger partial charge in [-0.1, -0.05) is 0 Å². The maximum absolute atomic E-state index is 14.5. The monoisotopic (exact) mass is 419 g/mol. The van der Waals surface area contributed by atoms with Gasteiger partial charge in [-0.2, -0.15) is 5.10 Å². The highest BCUT2D eigenvalue weighted by Gasteiger charge is 2.28. The van der Waals surface area contributed by atoms with Gasteiger partial charge in [0.2, 0.25) is 0 Å². The SMILES string of the molecule is O=C(NCCN1CCOCC1)c1cnn(-c2ccc(F)cc2F)c1C1CCNCC1. The maximum atomic E-state index is 14.5. The van der Waals surface area contributed by atoms with Crippen LogP contribution in [0.5, 0.6) is 0 Å². The lowest BCUT2D eigenvalue weighted by atomic mass is 9.91. The summed E-state index contributed by atoms with van der Waals surface area (Å²) < 4.78 is 34.7. The van der Waals surface area contributed by atoms with Crippen molar-refractivity contribution in [2.45, 2.75) is 18.8 Å². The van der Waals surface area contributed by atoms with Crippen LogP contribution < -0.4 is 10.6 Å². The summed E-state index contributed by atoms with van der Waals surface area (Å²) in [5, 5.41) is 10.6. The van der Waals surface area contributed by atoms with Crippen LogP contribution >= 0.6 is 0 Å². The van der Waals surface area contributed by atoms with Crippen molar-refractivity contribution in [3.05, 3.63) is 47.3 Å². The summed E-state index contributed by atoms with van der Waals surface area (Å²) in [5.41, 5.74) is 1.29. The molecule has 0 spiro atoms. The molecule has 7 nitrogen and oxygen atoms in total. The molecule has 0 bridgehead atoms. The van der Waals surface area contributed by atoms with Crippen molar-refractivity contribution < 1.29 is 18.3 Å². The number of piperidine rings is 1. The van der Waals surface area contributed by atoms with E-state index in [1.807, 2.05) is 0 Å². The third kappa shape index (κ3) is 4.69. The van der Waals surface area contributed by atoms with E-state index >= 15 is 0 Å². The van der Waals surface area contributed by atoms with Crippen molar-refractivity contribution in [2.24, 2.45) is 0 Å². The zero-order valence-electron chi connectivity index (χ0n) is 16.9. The molecule has 0 radical (unpaired) electrons. The fraction of sp³-hybridized carbons (Fsp3) is 0.524. The van der Waals surface area contributed by atoms with E-state index < -0.39 is 11.6 Å². The largest absolute Gasteiger partial charge is 0.379 e. The van der Waals surface area contributed by atoms with Crippen LogP contribution in [-0.2, 0) is 4.74 Å². The molecule has 2 N–H and O–H groups in total. The summed E-state index contributed by atoms with van der Waals surface area (Å²) in [7, 11) is 0. The number of aromatic nitrogens is 2. The second-order valence-corrected chi connectivity index (χ2v) is 7.69. The van der Waals surface area contributed by atoms with Crippen molar-refractivity contribution in [1.82, 2.24) is 25.3 Å². The van der Waals surface area contributed by atoms with Crippen LogP contribution in [0.3, 0.4) is 0 Å². The van der Waals surface area contributed by atoms with Gasteiger partial charge >= 0.3 is 0 Å². The number of morpholine rings is 1. The van der Waals surface area contributed by atoms with Crippen LogP contribution in [0.1, 0.15) is 34.8 Å². The van der Waals surface area contributed by atoms with E-state index in [-0.39, 0.29) is 17.5 Å². The van der Waals surface area contributed by atoms with E-state index in [2.05, 4.69) is 20.6 Å². The zero-order valence-corrected chi connectivity index (χ0v) is 16.9. The van der Waals surface area contributed by atoms with Gasteiger partial charge in [-0.3, -0.25) is 9.69 Å². The van der Waals surface area contributed by atoms with Crippen LogP contribution in [0.15, 0.2) is 24.4 Å². The topological polar surface area (TPSA) is 71.4 Å². The van der Waals surface area contributed by atoms with E-state index in [9.17, 15) is 13.6 Å². The van der Waals surface area contributed by atoms with Crippen molar-refractivity contribution in [3.8, 4) is 5.69 Å². The highest BCUT2D eigenvalue weighted by molar-refractivity contribution is 5.95. The molecule has 0 unspecified atom stereocenters. The summed E-state index contributed by atoms with van der Waals surface area (Å²) in [6, 6.07) is 3.40. The number of ether oxygens (including phenoxy) is 1. The van der Waals surface area contributed by atoms with Crippen molar-refractivity contribution in [1.29, 1.82) is 0 Å². The maximum Gasteiger partial charge on any atom is 0.254 e. The minimum atomic E-state index is -0.701. The quantitative estimate of drug-likeness (QED) is 0.746. The first-order chi connectivity index (χ1) is 14.6. The molecule has 162 valence electrons. The molecule has 2 aromatic rings. The molecule has 0 atom stereocenters. The van der Waals surface area contributed by atoms with Crippen LogP contribution in [0.2, 0.25) is 0 Å². The van der Waals surface area contributed by atoms with E-state index in [0.717, 1.165) is 51.6 Å². The molecule has 2 saturated heterocycles. The first-order valence-corrected chi connectivity index (χ1v) is 10.5. The zero-order chi connectivity index (χ0) is 20.9. The predicted octanol–water partition coefficient (Wildman–Crippen LogP) is 1.68. The summed E-state index contributed by atoms with van der Waals surface area (Å²) in [6.07, 6.45) is 3.13. The minimum Gasteiger partial charge on any atom is -0.379 e. The Morgan fingerprint density at radius 3 is 2.73 bits per heavy atom. The number of hydrogen-bond donors (Lipinski definition) is 2. The number of nitrogens with zero attached hydrogens (tertiary/aromatic N) is 3.